The molecule has 6 aromatic rings. The van der Waals surface area contributed by atoms with Crippen LogP contribution in [0.3, 0.4) is 0 Å². The Morgan fingerprint density at radius 1 is 0.437 bits per heavy atom. The number of hydrogen-bond donors (Lipinski definition) is 13. The third-order valence-corrected chi connectivity index (χ3v) is 10.4. The van der Waals surface area contributed by atoms with Crippen LogP contribution in [-0.4, -0.2) is 105 Å². The van der Waals surface area contributed by atoms with E-state index in [0.29, 0.717) is 67.8 Å². The number of ether oxygens (including phenoxy) is 5. The molecule has 1 saturated heterocycles. The Balaban J connectivity index is 1.00. The number of nitrogens with one attached hydrogen (secondary N) is 2. The van der Waals surface area contributed by atoms with E-state index in [1.165, 1.54) is 12.1 Å². The minimum absolute atomic E-state index is 0.00441. The fourth-order valence-electron chi connectivity index (χ4n) is 6.76. The first-order valence-corrected chi connectivity index (χ1v) is 20.5. The van der Waals surface area contributed by atoms with Gasteiger partial charge in [-0.1, -0.05) is 12.1 Å². The van der Waals surface area contributed by atoms with E-state index in [1.807, 2.05) is 0 Å². The van der Waals surface area contributed by atoms with Crippen LogP contribution in [0.2, 0.25) is 0 Å². The fraction of sp³-hybridized carbons (Fsp3) is 0.128. The van der Waals surface area contributed by atoms with Gasteiger partial charge in [0.25, 0.3) is 0 Å². The van der Waals surface area contributed by atoms with Gasteiger partial charge >= 0.3 is 29.8 Å². The molecule has 71 heavy (non-hydrogen) atoms. The number of phenolic OH excluding ortho intramolecular Hbond substituents is 11. The molecule has 368 valence electrons. The van der Waals surface area contributed by atoms with Gasteiger partial charge in [0.1, 0.15) is 12.4 Å². The smallest absolute Gasteiger partial charge is 0.343 e. The largest absolute Gasteiger partial charge is 0.504 e. The van der Waals surface area contributed by atoms with Gasteiger partial charge in [0.05, 0.1) is 33.9 Å². The fourth-order valence-corrected chi connectivity index (χ4v) is 6.76. The van der Waals surface area contributed by atoms with E-state index >= 15 is 0 Å². The molecule has 1 aliphatic heterocycles. The number of rotatable bonds is 14. The molecule has 23 nitrogen and oxygen atoms in total. The lowest BCUT2D eigenvalue weighted by atomic mass is 10.0. The molecule has 13 N–H and O–H groups in total. The highest BCUT2D eigenvalue weighted by molar-refractivity contribution is 5.98. The molecule has 0 saturated carbocycles. The Hall–Kier alpha value is -9.68. The maximum absolute atomic E-state index is 13.3. The van der Waals surface area contributed by atoms with Crippen molar-refractivity contribution in [3.63, 3.8) is 0 Å². The summed E-state index contributed by atoms with van der Waals surface area (Å²) >= 11 is 0. The number of carbonyl (C=O) groups excluding carboxylic acids is 5. The van der Waals surface area contributed by atoms with Gasteiger partial charge in [-0.2, -0.15) is 0 Å². The van der Waals surface area contributed by atoms with Crippen LogP contribution in [0.25, 0.3) is 0 Å². The van der Waals surface area contributed by atoms with Gasteiger partial charge in [-0.15, -0.1) is 0 Å². The van der Waals surface area contributed by atoms with E-state index in [0.717, 1.165) is 17.7 Å². The minimum atomic E-state index is -1.50. The maximum atomic E-state index is 13.3. The summed E-state index contributed by atoms with van der Waals surface area (Å²) in [6, 6.07) is 12.7. The summed E-state index contributed by atoms with van der Waals surface area (Å²) in [7, 11) is 0. The lowest BCUT2D eigenvalue weighted by Crippen LogP contribution is -2.36. The predicted molar refractivity (Wildman–Crippen MR) is 234 cm³/mol. The Labute approximate surface area is 396 Å². The quantitative estimate of drug-likeness (QED) is 0.0406. The standard InChI is InChI=1S/C47H37FN2O21/c48-25-4-1-19(2-5-25)3-6-26-17-27(50-49-26)18-67-43(62)21-9-30(53)39(58)34(13-21)69-45(64)23-11-32(55)41(60)36(15-23)71-47(66)24-12-33(56)42(61)37(16-24)70-46(65)22-10-31(54)40(59)35(14-22)68-44(63)20-7-28(51)38(57)29(52)8-20/h1-2,4-5,7-16,26-27,49-61H,3,6,17-18H2. The zero-order valence-electron chi connectivity index (χ0n) is 35.9. The molecule has 0 bridgehead atoms. The molecule has 0 amide bonds. The number of hydrogen-bond acceptors (Lipinski definition) is 23. The molecule has 1 aliphatic rings. The molecular formula is C47H37FN2O21. The van der Waals surface area contributed by atoms with Gasteiger partial charge < -0.3 is 79.9 Å². The van der Waals surface area contributed by atoms with Crippen LogP contribution >= 0.6 is 0 Å². The Morgan fingerprint density at radius 3 is 1.11 bits per heavy atom. The van der Waals surface area contributed by atoms with E-state index in [1.54, 1.807) is 12.1 Å². The van der Waals surface area contributed by atoms with Crippen molar-refractivity contribution >= 4 is 29.8 Å². The van der Waals surface area contributed by atoms with Gasteiger partial charge in [0.15, 0.2) is 63.2 Å². The van der Waals surface area contributed by atoms with E-state index in [-0.39, 0.29) is 30.1 Å². The summed E-state index contributed by atoms with van der Waals surface area (Å²) in [6.07, 6.45) is 1.90. The molecular weight excluding hydrogens is 948 g/mol. The molecule has 0 aliphatic carbocycles. The highest BCUT2D eigenvalue weighted by Gasteiger charge is 2.28. The number of halogens is 1. The van der Waals surface area contributed by atoms with Crippen LogP contribution in [0.15, 0.2) is 84.9 Å². The van der Waals surface area contributed by atoms with E-state index in [9.17, 15) is 84.5 Å². The molecule has 24 heteroatoms. The van der Waals surface area contributed by atoms with Gasteiger partial charge in [0.2, 0.25) is 23.0 Å². The van der Waals surface area contributed by atoms with Crippen LogP contribution in [0.5, 0.6) is 86.2 Å². The molecule has 2 unspecified atom stereocenters. The minimum Gasteiger partial charge on any atom is -0.504 e. The van der Waals surface area contributed by atoms with Crippen molar-refractivity contribution in [2.24, 2.45) is 0 Å². The predicted octanol–water partition coefficient (Wildman–Crippen LogP) is 4.49. The van der Waals surface area contributed by atoms with E-state index in [2.05, 4.69) is 10.9 Å². The van der Waals surface area contributed by atoms with Gasteiger partial charge in [-0.05, 0) is 97.6 Å². The highest BCUT2D eigenvalue weighted by atomic mass is 19.1. The monoisotopic (exact) mass is 984 g/mol. The van der Waals surface area contributed by atoms with Gasteiger partial charge in [0, 0.05) is 6.04 Å². The SMILES string of the molecule is O=C(OCC1CC(CCc2ccc(F)cc2)NN1)c1cc(O)c(O)c(OC(=O)c2cc(O)c(O)c(OC(=O)c3cc(O)c(O)c(OC(=O)c4cc(O)c(O)c(OC(=O)c5cc(O)c(O)c(O)c5)c4)c3)c2)c1. The summed E-state index contributed by atoms with van der Waals surface area (Å²) in [6.45, 7) is -0.140. The number of hydrazine groups is 1. The number of esters is 5. The lowest BCUT2D eigenvalue weighted by Gasteiger charge is -2.14. The number of aryl methyl sites for hydroxylation is 1. The molecule has 1 heterocycles. The number of aromatic hydroxyl groups is 11. The van der Waals surface area contributed by atoms with Crippen LogP contribution in [0.4, 0.5) is 4.39 Å². The van der Waals surface area contributed by atoms with Crippen molar-refractivity contribution in [2.75, 3.05) is 6.61 Å². The molecule has 1 fully saturated rings. The molecule has 0 spiro atoms. The first kappa shape index (κ1) is 49.2. The second kappa shape index (κ2) is 20.3. The number of phenols is 11. The number of benzene rings is 6. The lowest BCUT2D eigenvalue weighted by molar-refractivity contribution is 0.0467. The van der Waals surface area contributed by atoms with Crippen molar-refractivity contribution in [3.05, 3.63) is 124 Å². The zero-order valence-corrected chi connectivity index (χ0v) is 35.9. The topological polar surface area (TPSA) is 378 Å². The maximum Gasteiger partial charge on any atom is 0.343 e. The van der Waals surface area contributed by atoms with Gasteiger partial charge in [-0.25, -0.2) is 28.4 Å². The Morgan fingerprint density at radius 2 is 0.746 bits per heavy atom. The van der Waals surface area contributed by atoms with Gasteiger partial charge in [-0.3, -0.25) is 10.9 Å². The summed E-state index contributed by atoms with van der Waals surface area (Å²) in [4.78, 5) is 65.5. The Bertz CT molecular complexity index is 3100. The third kappa shape index (κ3) is 11.2. The number of carbonyl (C=O) groups is 5. The van der Waals surface area contributed by atoms with Crippen molar-refractivity contribution < 1.29 is 108 Å². The van der Waals surface area contributed by atoms with E-state index < -0.39 is 138 Å². The normalized spacial score (nSPS) is 14.0. The third-order valence-electron chi connectivity index (χ3n) is 10.4. The highest BCUT2D eigenvalue weighted by Crippen LogP contribution is 2.43. The van der Waals surface area contributed by atoms with Crippen molar-refractivity contribution in [1.82, 2.24) is 10.9 Å². The van der Waals surface area contributed by atoms with Crippen molar-refractivity contribution in [1.29, 1.82) is 0 Å². The Kier molecular flexibility index (Phi) is 14.1. The van der Waals surface area contributed by atoms with Crippen LogP contribution in [0.1, 0.15) is 70.2 Å². The molecule has 2 atom stereocenters. The second-order valence-corrected chi connectivity index (χ2v) is 15.5. The van der Waals surface area contributed by atoms with E-state index in [4.69, 9.17) is 23.7 Å². The van der Waals surface area contributed by atoms with Crippen LogP contribution in [-0.2, 0) is 11.2 Å². The summed E-state index contributed by atoms with van der Waals surface area (Å²) < 4.78 is 38.9. The van der Waals surface area contributed by atoms with Crippen LogP contribution < -0.4 is 29.8 Å². The second-order valence-electron chi connectivity index (χ2n) is 15.5. The van der Waals surface area contributed by atoms with Crippen LogP contribution in [0, 0.1) is 5.82 Å². The van der Waals surface area contributed by atoms with Crippen molar-refractivity contribution in [3.8, 4) is 86.2 Å². The molecule has 0 aromatic heterocycles. The summed E-state index contributed by atoms with van der Waals surface area (Å²) in [5.74, 6) is -21.9. The van der Waals surface area contributed by atoms with Crippen molar-refractivity contribution in [2.45, 2.75) is 31.3 Å². The summed E-state index contributed by atoms with van der Waals surface area (Å²) in [5, 5.41) is 112. The zero-order chi connectivity index (χ0) is 51.4. The first-order valence-electron chi connectivity index (χ1n) is 20.5. The molecule has 6 aromatic carbocycles. The summed E-state index contributed by atoms with van der Waals surface area (Å²) in [5.41, 5.74) is 4.05. The average Bonchev–Trinajstić information content (AvgIpc) is 3.80. The molecule has 0 radical (unpaired) electrons. The average molecular weight is 985 g/mol. The first-order chi connectivity index (χ1) is 33.6. The molecule has 7 rings (SSSR count).